The first-order chi connectivity index (χ1) is 11.9. The molecule has 1 heterocycles. The van der Waals surface area contributed by atoms with Gasteiger partial charge in [-0.2, -0.15) is 0 Å². The zero-order valence-electron chi connectivity index (χ0n) is 15.0. The van der Waals surface area contributed by atoms with Crippen molar-refractivity contribution in [1.29, 1.82) is 0 Å². The second-order valence-electron chi connectivity index (χ2n) is 5.96. The molecule has 0 fully saturated rings. The Morgan fingerprint density at radius 1 is 1.20 bits per heavy atom. The summed E-state index contributed by atoms with van der Waals surface area (Å²) in [5.74, 6) is 1.12. The van der Waals surface area contributed by atoms with Crippen LogP contribution in [0, 0.1) is 6.92 Å². The van der Waals surface area contributed by atoms with Crippen LogP contribution in [0.5, 0.6) is 5.75 Å². The molecular weight excluding hydrogens is 340 g/mol. The second-order valence-corrected chi connectivity index (χ2v) is 6.32. The average molecular weight is 363 g/mol. The van der Waals surface area contributed by atoms with E-state index in [0.717, 1.165) is 11.3 Å². The molecule has 0 bridgehead atoms. The lowest BCUT2D eigenvalue weighted by molar-refractivity contribution is -0.142. The van der Waals surface area contributed by atoms with Crippen LogP contribution in [0.1, 0.15) is 43.4 Å². The highest BCUT2D eigenvalue weighted by Gasteiger charge is 2.15. The molecule has 0 aliphatic rings. The number of ether oxygens (including phenoxy) is 2. The largest absolute Gasteiger partial charge is 0.491 e. The number of esters is 1. The van der Waals surface area contributed by atoms with E-state index in [4.69, 9.17) is 21.1 Å². The highest BCUT2D eigenvalue weighted by atomic mass is 35.5. The third kappa shape index (κ3) is 5.71. The van der Waals surface area contributed by atoms with Gasteiger partial charge in [0, 0.05) is 17.7 Å². The molecule has 0 unspecified atom stereocenters. The molecular formula is C19H23ClN2O3. The van der Waals surface area contributed by atoms with Crippen molar-refractivity contribution in [2.75, 3.05) is 6.61 Å². The van der Waals surface area contributed by atoms with Gasteiger partial charge in [-0.3, -0.25) is 4.79 Å². The lowest BCUT2D eigenvalue weighted by atomic mass is 10.1. The third-order valence-electron chi connectivity index (χ3n) is 3.49. The number of benzene rings is 1. The molecule has 25 heavy (non-hydrogen) atoms. The monoisotopic (exact) mass is 362 g/mol. The standard InChI is InChI=1S/C19H23ClN2O3/c1-5-24-18(23)11-16-13(4)21-17(22-19(16)20)10-14-6-8-15(9-7-14)25-12(2)3/h6-9,12H,5,10-11H2,1-4H3. The van der Waals surface area contributed by atoms with E-state index in [-0.39, 0.29) is 18.5 Å². The minimum Gasteiger partial charge on any atom is -0.491 e. The first kappa shape index (κ1) is 19.2. The molecule has 1 aromatic heterocycles. The molecule has 0 amide bonds. The summed E-state index contributed by atoms with van der Waals surface area (Å²) in [6, 6.07) is 7.82. The number of carbonyl (C=O) groups is 1. The maximum atomic E-state index is 11.7. The molecule has 0 aliphatic heterocycles. The Kier molecular flexibility index (Phi) is 6.76. The van der Waals surface area contributed by atoms with E-state index in [1.54, 1.807) is 6.92 Å². The lowest BCUT2D eigenvalue weighted by Gasteiger charge is -2.11. The Labute approximate surface area is 153 Å². The van der Waals surface area contributed by atoms with Gasteiger partial charge in [-0.05, 0) is 45.4 Å². The van der Waals surface area contributed by atoms with Crippen molar-refractivity contribution in [3.63, 3.8) is 0 Å². The van der Waals surface area contributed by atoms with Crippen molar-refractivity contribution in [1.82, 2.24) is 9.97 Å². The molecule has 0 spiro atoms. The molecule has 0 radical (unpaired) electrons. The topological polar surface area (TPSA) is 61.3 Å². The quantitative estimate of drug-likeness (QED) is 0.551. The number of carbonyl (C=O) groups excluding carboxylic acids is 1. The van der Waals surface area contributed by atoms with Gasteiger partial charge in [0.15, 0.2) is 0 Å². The SMILES string of the molecule is CCOC(=O)Cc1c(C)nc(Cc2ccc(OC(C)C)cc2)nc1Cl. The number of aromatic nitrogens is 2. The molecule has 0 saturated carbocycles. The molecule has 1 aromatic carbocycles. The summed E-state index contributed by atoms with van der Waals surface area (Å²) in [6.45, 7) is 7.91. The summed E-state index contributed by atoms with van der Waals surface area (Å²) in [7, 11) is 0. The van der Waals surface area contributed by atoms with Crippen LogP contribution >= 0.6 is 11.6 Å². The third-order valence-corrected chi connectivity index (χ3v) is 3.81. The fourth-order valence-electron chi connectivity index (χ4n) is 2.39. The van der Waals surface area contributed by atoms with Crippen LogP contribution in [0.15, 0.2) is 24.3 Å². The van der Waals surface area contributed by atoms with Gasteiger partial charge in [-0.15, -0.1) is 0 Å². The molecule has 0 aliphatic carbocycles. The van der Waals surface area contributed by atoms with Gasteiger partial charge in [0.2, 0.25) is 0 Å². The van der Waals surface area contributed by atoms with Crippen LogP contribution in [-0.4, -0.2) is 28.6 Å². The summed E-state index contributed by atoms with van der Waals surface area (Å²) in [4.78, 5) is 20.5. The van der Waals surface area contributed by atoms with E-state index in [9.17, 15) is 4.79 Å². The second kappa shape index (κ2) is 8.81. The Bertz CT molecular complexity index is 707. The lowest BCUT2D eigenvalue weighted by Crippen LogP contribution is -2.12. The van der Waals surface area contributed by atoms with Gasteiger partial charge in [0.1, 0.15) is 16.7 Å². The predicted octanol–water partition coefficient (Wildman–Crippen LogP) is 3.92. The van der Waals surface area contributed by atoms with Gasteiger partial charge in [-0.1, -0.05) is 23.7 Å². The van der Waals surface area contributed by atoms with Crippen molar-refractivity contribution in [2.45, 2.75) is 46.6 Å². The number of rotatable bonds is 7. The van der Waals surface area contributed by atoms with E-state index in [1.807, 2.05) is 45.0 Å². The highest BCUT2D eigenvalue weighted by molar-refractivity contribution is 6.30. The van der Waals surface area contributed by atoms with Crippen molar-refractivity contribution in [2.24, 2.45) is 0 Å². The maximum absolute atomic E-state index is 11.7. The summed E-state index contributed by atoms with van der Waals surface area (Å²) >= 11 is 6.25. The van der Waals surface area contributed by atoms with E-state index in [1.165, 1.54) is 0 Å². The van der Waals surface area contributed by atoms with Crippen LogP contribution in [0.2, 0.25) is 5.15 Å². The fourth-order valence-corrected chi connectivity index (χ4v) is 2.69. The minimum absolute atomic E-state index is 0.0834. The predicted molar refractivity (Wildman–Crippen MR) is 97.1 cm³/mol. The maximum Gasteiger partial charge on any atom is 0.310 e. The Hall–Kier alpha value is -2.14. The van der Waals surface area contributed by atoms with Gasteiger partial charge >= 0.3 is 5.97 Å². The van der Waals surface area contributed by atoms with Crippen LogP contribution < -0.4 is 4.74 Å². The number of nitrogens with zero attached hydrogens (tertiary/aromatic N) is 2. The van der Waals surface area contributed by atoms with E-state index < -0.39 is 0 Å². The van der Waals surface area contributed by atoms with E-state index in [0.29, 0.717) is 35.3 Å². The summed E-state index contributed by atoms with van der Waals surface area (Å²) in [6.07, 6.45) is 0.782. The number of aryl methyl sites for hydroxylation is 1. The molecule has 0 saturated heterocycles. The van der Waals surface area contributed by atoms with Crippen LogP contribution in [0.4, 0.5) is 0 Å². The normalized spacial score (nSPS) is 10.8. The van der Waals surface area contributed by atoms with Gasteiger partial charge < -0.3 is 9.47 Å². The number of hydrogen-bond donors (Lipinski definition) is 0. The summed E-state index contributed by atoms with van der Waals surface area (Å²) < 4.78 is 10.6. The first-order valence-electron chi connectivity index (χ1n) is 8.32. The molecule has 5 nitrogen and oxygen atoms in total. The van der Waals surface area contributed by atoms with Crippen LogP contribution in [-0.2, 0) is 22.4 Å². The zero-order valence-corrected chi connectivity index (χ0v) is 15.8. The average Bonchev–Trinajstić information content (AvgIpc) is 2.53. The fraction of sp³-hybridized carbons (Fsp3) is 0.421. The Morgan fingerprint density at radius 2 is 1.88 bits per heavy atom. The van der Waals surface area contributed by atoms with Crippen LogP contribution in [0.25, 0.3) is 0 Å². The Balaban J connectivity index is 2.11. The Morgan fingerprint density at radius 3 is 2.44 bits per heavy atom. The number of halogens is 1. The van der Waals surface area contributed by atoms with Crippen molar-refractivity contribution in [3.05, 3.63) is 52.1 Å². The molecule has 2 rings (SSSR count). The highest BCUT2D eigenvalue weighted by Crippen LogP contribution is 2.20. The van der Waals surface area contributed by atoms with E-state index >= 15 is 0 Å². The minimum atomic E-state index is -0.329. The van der Waals surface area contributed by atoms with Gasteiger partial charge in [0.25, 0.3) is 0 Å². The molecule has 0 N–H and O–H groups in total. The van der Waals surface area contributed by atoms with Gasteiger partial charge in [0.05, 0.1) is 19.1 Å². The molecule has 0 atom stereocenters. The molecule has 6 heteroatoms. The smallest absolute Gasteiger partial charge is 0.310 e. The number of hydrogen-bond acceptors (Lipinski definition) is 5. The van der Waals surface area contributed by atoms with E-state index in [2.05, 4.69) is 9.97 Å². The zero-order chi connectivity index (χ0) is 18.4. The van der Waals surface area contributed by atoms with Crippen molar-refractivity contribution >= 4 is 17.6 Å². The summed E-state index contributed by atoms with van der Waals surface area (Å²) in [5.41, 5.74) is 2.37. The van der Waals surface area contributed by atoms with Crippen molar-refractivity contribution in [3.8, 4) is 5.75 Å². The van der Waals surface area contributed by atoms with Gasteiger partial charge in [-0.25, -0.2) is 9.97 Å². The van der Waals surface area contributed by atoms with Crippen LogP contribution in [0.3, 0.4) is 0 Å². The first-order valence-corrected chi connectivity index (χ1v) is 8.70. The summed E-state index contributed by atoms with van der Waals surface area (Å²) in [5, 5.41) is 0.301. The van der Waals surface area contributed by atoms with Crippen molar-refractivity contribution < 1.29 is 14.3 Å². The molecule has 134 valence electrons. The molecule has 2 aromatic rings.